The number of rotatable bonds is 3. The summed E-state index contributed by atoms with van der Waals surface area (Å²) in [5.41, 5.74) is 6.06. The second kappa shape index (κ2) is 8.71. The summed E-state index contributed by atoms with van der Waals surface area (Å²) >= 11 is 0. The van der Waals surface area contributed by atoms with Gasteiger partial charge in [-0.15, -0.1) is 0 Å². The summed E-state index contributed by atoms with van der Waals surface area (Å²) in [6.07, 6.45) is 0. The van der Waals surface area contributed by atoms with E-state index in [2.05, 4.69) is 66.9 Å². The van der Waals surface area contributed by atoms with Crippen LogP contribution < -0.4 is 9.30 Å². The minimum absolute atomic E-state index is 0.882. The third-order valence-corrected chi connectivity index (χ3v) is 3.87. The maximum atomic E-state index is 9.75. The van der Waals surface area contributed by atoms with Crippen molar-refractivity contribution in [2.75, 3.05) is 7.11 Å². The van der Waals surface area contributed by atoms with Crippen LogP contribution in [0.25, 0.3) is 16.8 Å². The first-order valence-electron chi connectivity index (χ1n) is 8.29. The van der Waals surface area contributed by atoms with Crippen molar-refractivity contribution >= 4 is 7.25 Å². The molecule has 0 aliphatic carbocycles. The Morgan fingerprint density at radius 2 is 1.22 bits per heavy atom. The third kappa shape index (κ3) is 6.13. The standard InChI is InChI=1S/C20H20NO.BF4/c1-15-13-18(17-9-11-20(22-3)12-10-17)14-16(2)21(15)19-7-5-4-6-8-19;2-1(3,4)5/h4-14H,1-3H3;/q+1;-1. The minimum Gasteiger partial charge on any atom is -0.497 e. The van der Waals surface area contributed by atoms with Crippen molar-refractivity contribution in [3.8, 4) is 22.6 Å². The Hall–Kier alpha value is -2.83. The molecule has 0 fully saturated rings. The van der Waals surface area contributed by atoms with Crippen LogP contribution in [0.5, 0.6) is 5.75 Å². The summed E-state index contributed by atoms with van der Waals surface area (Å²) in [4.78, 5) is 0. The lowest BCUT2D eigenvalue weighted by atomic mass is 10.0. The fourth-order valence-corrected chi connectivity index (χ4v) is 2.83. The lowest BCUT2D eigenvalue weighted by Crippen LogP contribution is -2.37. The Bertz CT molecular complexity index is 852. The lowest BCUT2D eigenvalue weighted by Gasteiger charge is -2.08. The largest absolute Gasteiger partial charge is 0.673 e. The number of ether oxygens (including phenoxy) is 1. The molecule has 0 bridgehead atoms. The number of para-hydroxylation sites is 1. The molecule has 0 atom stereocenters. The topological polar surface area (TPSA) is 13.1 Å². The average Bonchev–Trinajstić information content (AvgIpc) is 2.61. The molecule has 3 rings (SSSR count). The molecule has 0 saturated carbocycles. The molecular weight excluding hydrogens is 357 g/mol. The Morgan fingerprint density at radius 1 is 0.741 bits per heavy atom. The second-order valence-corrected chi connectivity index (χ2v) is 5.92. The molecule has 142 valence electrons. The summed E-state index contributed by atoms with van der Waals surface area (Å²) in [5.74, 6) is 0.882. The van der Waals surface area contributed by atoms with Crippen molar-refractivity contribution < 1.29 is 26.6 Å². The highest BCUT2D eigenvalue weighted by Crippen LogP contribution is 2.23. The summed E-state index contributed by atoms with van der Waals surface area (Å²) in [6, 6.07) is 23.1. The molecule has 2 nitrogen and oxygen atoms in total. The average molecular weight is 377 g/mol. The van der Waals surface area contributed by atoms with E-state index >= 15 is 0 Å². The van der Waals surface area contributed by atoms with Crippen molar-refractivity contribution in [3.05, 3.63) is 78.1 Å². The van der Waals surface area contributed by atoms with Crippen LogP contribution in [0.4, 0.5) is 17.3 Å². The smallest absolute Gasteiger partial charge is 0.497 e. The molecule has 0 aliphatic heterocycles. The normalized spacial score (nSPS) is 10.8. The van der Waals surface area contributed by atoms with E-state index in [0.29, 0.717) is 0 Å². The van der Waals surface area contributed by atoms with E-state index in [9.17, 15) is 17.3 Å². The van der Waals surface area contributed by atoms with Crippen LogP contribution in [-0.2, 0) is 0 Å². The number of hydrogen-bond acceptors (Lipinski definition) is 1. The molecule has 1 heterocycles. The molecule has 0 saturated heterocycles. The fraction of sp³-hybridized carbons (Fsp3) is 0.150. The van der Waals surface area contributed by atoms with E-state index in [1.165, 1.54) is 28.2 Å². The molecular formula is C20H20BF4NO. The molecule has 0 aliphatic rings. The van der Waals surface area contributed by atoms with E-state index in [0.717, 1.165) is 5.75 Å². The first kappa shape index (κ1) is 20.5. The van der Waals surface area contributed by atoms with Gasteiger partial charge in [0.1, 0.15) is 5.75 Å². The number of pyridine rings is 1. The first-order chi connectivity index (χ1) is 12.7. The molecule has 0 radical (unpaired) electrons. The lowest BCUT2D eigenvalue weighted by molar-refractivity contribution is -0.609. The number of methoxy groups -OCH3 is 1. The fourth-order valence-electron chi connectivity index (χ4n) is 2.83. The molecule has 0 unspecified atom stereocenters. The summed E-state index contributed by atoms with van der Waals surface area (Å²) < 4.78 is 46.5. The molecule has 2 aromatic carbocycles. The van der Waals surface area contributed by atoms with Crippen LogP contribution in [0.3, 0.4) is 0 Å². The molecule has 7 heteroatoms. The van der Waals surface area contributed by atoms with Gasteiger partial charge in [-0.2, -0.15) is 4.57 Å². The van der Waals surface area contributed by atoms with Crippen LogP contribution >= 0.6 is 0 Å². The molecule has 0 spiro atoms. The van der Waals surface area contributed by atoms with Crippen LogP contribution in [0.15, 0.2) is 66.7 Å². The number of nitrogens with zero attached hydrogens (tertiary/aromatic N) is 1. The number of hydrogen-bond donors (Lipinski definition) is 0. The maximum Gasteiger partial charge on any atom is 0.673 e. The number of aromatic nitrogens is 1. The Labute approximate surface area is 156 Å². The van der Waals surface area contributed by atoms with Crippen LogP contribution in [0.2, 0.25) is 0 Å². The van der Waals surface area contributed by atoms with Gasteiger partial charge in [0.05, 0.1) is 7.11 Å². The highest BCUT2D eigenvalue weighted by Gasteiger charge is 2.20. The van der Waals surface area contributed by atoms with Crippen molar-refractivity contribution in [1.82, 2.24) is 0 Å². The van der Waals surface area contributed by atoms with E-state index in [-0.39, 0.29) is 0 Å². The quantitative estimate of drug-likeness (QED) is 0.331. The van der Waals surface area contributed by atoms with E-state index in [1.54, 1.807) is 7.11 Å². The van der Waals surface area contributed by atoms with Crippen molar-refractivity contribution in [3.63, 3.8) is 0 Å². The van der Waals surface area contributed by atoms with Gasteiger partial charge in [0, 0.05) is 38.1 Å². The van der Waals surface area contributed by atoms with Gasteiger partial charge in [-0.3, -0.25) is 0 Å². The van der Waals surface area contributed by atoms with E-state index < -0.39 is 7.25 Å². The summed E-state index contributed by atoms with van der Waals surface area (Å²) in [5, 5.41) is 0. The summed E-state index contributed by atoms with van der Waals surface area (Å²) in [7, 11) is -4.31. The van der Waals surface area contributed by atoms with Gasteiger partial charge in [-0.1, -0.05) is 30.3 Å². The summed E-state index contributed by atoms with van der Waals surface area (Å²) in [6.45, 7) is 4.29. The Morgan fingerprint density at radius 3 is 1.67 bits per heavy atom. The second-order valence-electron chi connectivity index (χ2n) is 5.92. The predicted octanol–water partition coefficient (Wildman–Crippen LogP) is 5.56. The molecule has 0 amide bonds. The molecule has 27 heavy (non-hydrogen) atoms. The SMILES string of the molecule is COc1ccc(-c2cc(C)[n+](-c3ccccc3)c(C)c2)cc1.F[B-](F)(F)F. The van der Waals surface area contributed by atoms with Crippen LogP contribution in [-0.4, -0.2) is 14.4 Å². The van der Waals surface area contributed by atoms with Crippen molar-refractivity contribution in [2.24, 2.45) is 0 Å². The molecule has 1 aromatic heterocycles. The maximum absolute atomic E-state index is 9.75. The van der Waals surface area contributed by atoms with Gasteiger partial charge in [-0.05, 0) is 23.3 Å². The van der Waals surface area contributed by atoms with Gasteiger partial charge in [0.2, 0.25) is 5.69 Å². The van der Waals surface area contributed by atoms with Gasteiger partial charge < -0.3 is 22.0 Å². The number of benzene rings is 2. The molecule has 3 aromatic rings. The Balaban J connectivity index is 0.000000465. The third-order valence-electron chi connectivity index (χ3n) is 3.87. The first-order valence-corrected chi connectivity index (χ1v) is 8.29. The van der Waals surface area contributed by atoms with Crippen LogP contribution in [0.1, 0.15) is 11.4 Å². The van der Waals surface area contributed by atoms with Crippen molar-refractivity contribution in [2.45, 2.75) is 13.8 Å². The van der Waals surface area contributed by atoms with Gasteiger partial charge >= 0.3 is 7.25 Å². The van der Waals surface area contributed by atoms with E-state index in [4.69, 9.17) is 4.74 Å². The zero-order valence-corrected chi connectivity index (χ0v) is 15.3. The predicted molar refractivity (Wildman–Crippen MR) is 99.6 cm³/mol. The van der Waals surface area contributed by atoms with Crippen molar-refractivity contribution in [1.29, 1.82) is 0 Å². The van der Waals surface area contributed by atoms with E-state index in [1.807, 2.05) is 18.2 Å². The highest BCUT2D eigenvalue weighted by molar-refractivity contribution is 6.50. The van der Waals surface area contributed by atoms with Gasteiger partial charge in [0.25, 0.3) is 0 Å². The molecule has 0 N–H and O–H groups in total. The number of aryl methyl sites for hydroxylation is 2. The van der Waals surface area contributed by atoms with Crippen LogP contribution in [0, 0.1) is 13.8 Å². The zero-order valence-electron chi connectivity index (χ0n) is 15.3. The Kier molecular flexibility index (Phi) is 6.61. The van der Waals surface area contributed by atoms with Gasteiger partial charge in [0.15, 0.2) is 11.4 Å². The minimum atomic E-state index is -6.00. The number of halogens is 4. The zero-order chi connectivity index (χ0) is 20.0. The van der Waals surface area contributed by atoms with Gasteiger partial charge in [-0.25, -0.2) is 0 Å². The highest BCUT2D eigenvalue weighted by atomic mass is 19.5. The monoisotopic (exact) mass is 377 g/mol.